The van der Waals surface area contributed by atoms with E-state index >= 15 is 0 Å². The Morgan fingerprint density at radius 2 is 2.12 bits per heavy atom. The molecule has 10 nitrogen and oxygen atoms in total. The van der Waals surface area contributed by atoms with E-state index in [2.05, 4.69) is 27.3 Å². The smallest absolute Gasteiger partial charge is 0.257 e. The molecule has 0 spiro atoms. The van der Waals surface area contributed by atoms with Crippen molar-refractivity contribution in [2.75, 3.05) is 25.6 Å². The Balaban J connectivity index is 1.63. The Hall–Kier alpha value is -3.76. The SMILES string of the molecule is C=C(C)c1ccc(-c2cc(NC)n3ncc(C(=O)N[C@H]4COC[C@H]4O)c3n2)n2ccnc12. The normalized spacial score (nSPS) is 18.3. The van der Waals surface area contributed by atoms with Gasteiger partial charge in [0.2, 0.25) is 0 Å². The minimum atomic E-state index is -0.737. The number of imidazole rings is 1. The minimum absolute atomic E-state index is 0.201. The molecule has 32 heavy (non-hydrogen) atoms. The van der Waals surface area contributed by atoms with Gasteiger partial charge in [0.05, 0.1) is 42.9 Å². The van der Waals surface area contributed by atoms with Crippen LogP contribution in [0.25, 0.3) is 28.3 Å². The molecule has 1 fully saturated rings. The summed E-state index contributed by atoms with van der Waals surface area (Å²) in [4.78, 5) is 22.2. The quantitative estimate of drug-likeness (QED) is 0.438. The van der Waals surface area contributed by atoms with Gasteiger partial charge < -0.3 is 20.5 Å². The van der Waals surface area contributed by atoms with Gasteiger partial charge in [-0.2, -0.15) is 9.61 Å². The first kappa shape index (κ1) is 20.2. The number of amides is 1. The third kappa shape index (κ3) is 3.20. The zero-order chi connectivity index (χ0) is 22.4. The molecule has 10 heteroatoms. The first-order valence-electron chi connectivity index (χ1n) is 10.2. The highest BCUT2D eigenvalue weighted by Crippen LogP contribution is 2.27. The first-order chi connectivity index (χ1) is 15.5. The van der Waals surface area contributed by atoms with E-state index in [0.29, 0.717) is 22.7 Å². The van der Waals surface area contributed by atoms with Gasteiger partial charge in [-0.3, -0.25) is 9.20 Å². The number of aromatic nitrogens is 5. The number of fused-ring (bicyclic) bond motifs is 2. The molecule has 4 aromatic heterocycles. The second-order valence-electron chi connectivity index (χ2n) is 7.79. The third-order valence-corrected chi connectivity index (χ3v) is 5.61. The zero-order valence-corrected chi connectivity index (χ0v) is 17.7. The number of aliphatic hydroxyl groups is 1. The summed E-state index contributed by atoms with van der Waals surface area (Å²) in [7, 11) is 1.78. The predicted octanol–water partition coefficient (Wildman–Crippen LogP) is 1.61. The summed E-state index contributed by atoms with van der Waals surface area (Å²) in [6, 6.07) is 5.32. The van der Waals surface area contributed by atoms with E-state index in [1.54, 1.807) is 17.8 Å². The first-order valence-corrected chi connectivity index (χ1v) is 10.2. The van der Waals surface area contributed by atoms with Crippen molar-refractivity contribution in [1.29, 1.82) is 0 Å². The van der Waals surface area contributed by atoms with E-state index in [0.717, 1.165) is 22.5 Å². The average Bonchev–Trinajstić information content (AvgIpc) is 3.52. The summed E-state index contributed by atoms with van der Waals surface area (Å²) in [5.41, 5.74) is 4.82. The van der Waals surface area contributed by atoms with Gasteiger partial charge >= 0.3 is 0 Å². The molecule has 1 saturated heterocycles. The van der Waals surface area contributed by atoms with Crippen molar-refractivity contribution in [3.8, 4) is 11.4 Å². The molecule has 1 aliphatic heterocycles. The number of ether oxygens (including phenoxy) is 1. The van der Waals surface area contributed by atoms with Gasteiger partial charge in [0.15, 0.2) is 5.65 Å². The van der Waals surface area contributed by atoms with Crippen molar-refractivity contribution < 1.29 is 14.6 Å². The Kier molecular flexibility index (Phi) is 4.87. The maximum absolute atomic E-state index is 12.9. The van der Waals surface area contributed by atoms with Crippen LogP contribution < -0.4 is 10.6 Å². The molecule has 0 unspecified atom stereocenters. The summed E-state index contributed by atoms with van der Waals surface area (Å²) in [6.45, 7) is 6.44. The standard InChI is InChI=1S/C22H23N7O3/c1-12(2)13-4-5-17(28-7-6-24-20(13)28)15-8-19(23-3)29-21(26-15)14(9-25-29)22(31)27-16-10-32-11-18(16)30/h4-9,16,18,23,30H,1,10-11H2,2-3H3,(H,27,31)/t16-,18+/m0/s1. The number of hydrogen-bond acceptors (Lipinski definition) is 7. The molecule has 2 atom stereocenters. The second kappa shape index (κ2) is 7.74. The Labute approximate surface area is 183 Å². The summed E-state index contributed by atoms with van der Waals surface area (Å²) in [6.07, 6.45) is 4.34. The lowest BCUT2D eigenvalue weighted by atomic mass is 10.1. The van der Waals surface area contributed by atoms with Crippen LogP contribution in [0.2, 0.25) is 0 Å². The third-order valence-electron chi connectivity index (χ3n) is 5.61. The maximum atomic E-state index is 12.9. The van der Waals surface area contributed by atoms with Crippen LogP contribution in [-0.4, -0.2) is 67.4 Å². The van der Waals surface area contributed by atoms with Gasteiger partial charge in [-0.15, -0.1) is 0 Å². The average molecular weight is 433 g/mol. The van der Waals surface area contributed by atoms with E-state index in [1.807, 2.05) is 35.7 Å². The Morgan fingerprint density at radius 1 is 1.28 bits per heavy atom. The van der Waals surface area contributed by atoms with E-state index in [1.165, 1.54) is 6.20 Å². The number of pyridine rings is 1. The number of carbonyl (C=O) groups is 1. The van der Waals surface area contributed by atoms with E-state index < -0.39 is 12.1 Å². The monoisotopic (exact) mass is 433 g/mol. The molecule has 3 N–H and O–H groups in total. The van der Waals surface area contributed by atoms with Gasteiger partial charge in [-0.25, -0.2) is 9.97 Å². The summed E-state index contributed by atoms with van der Waals surface area (Å²) in [5, 5.41) is 20.2. The molecule has 5 heterocycles. The predicted molar refractivity (Wildman–Crippen MR) is 120 cm³/mol. The molecule has 0 bridgehead atoms. The van der Waals surface area contributed by atoms with Crippen LogP contribution in [0.1, 0.15) is 22.8 Å². The van der Waals surface area contributed by atoms with Gasteiger partial charge in [0.1, 0.15) is 17.0 Å². The van der Waals surface area contributed by atoms with Crippen molar-refractivity contribution in [1.82, 2.24) is 29.3 Å². The Bertz CT molecular complexity index is 1360. The van der Waals surface area contributed by atoms with E-state index in [4.69, 9.17) is 9.72 Å². The fourth-order valence-corrected chi connectivity index (χ4v) is 3.92. The van der Waals surface area contributed by atoms with Crippen LogP contribution in [0.5, 0.6) is 0 Å². The van der Waals surface area contributed by atoms with Gasteiger partial charge in [0.25, 0.3) is 5.91 Å². The molecule has 5 rings (SSSR count). The summed E-state index contributed by atoms with van der Waals surface area (Å²) < 4.78 is 8.75. The van der Waals surface area contributed by atoms with E-state index in [-0.39, 0.29) is 19.1 Å². The topological polar surface area (TPSA) is 118 Å². The largest absolute Gasteiger partial charge is 0.388 e. The van der Waals surface area contributed by atoms with Crippen molar-refractivity contribution in [2.45, 2.75) is 19.1 Å². The van der Waals surface area contributed by atoms with Gasteiger partial charge in [-0.05, 0) is 24.6 Å². The van der Waals surface area contributed by atoms with Crippen molar-refractivity contribution in [2.24, 2.45) is 0 Å². The number of rotatable bonds is 5. The zero-order valence-electron chi connectivity index (χ0n) is 17.7. The maximum Gasteiger partial charge on any atom is 0.257 e. The number of aliphatic hydroxyl groups excluding tert-OH is 1. The molecule has 164 valence electrons. The van der Waals surface area contributed by atoms with Crippen LogP contribution in [-0.2, 0) is 4.74 Å². The van der Waals surface area contributed by atoms with Crippen LogP contribution in [0.4, 0.5) is 5.82 Å². The van der Waals surface area contributed by atoms with Crippen molar-refractivity contribution in [3.63, 3.8) is 0 Å². The molecule has 1 amide bonds. The summed E-state index contributed by atoms with van der Waals surface area (Å²) >= 11 is 0. The number of allylic oxidation sites excluding steroid dienone is 1. The highest BCUT2D eigenvalue weighted by atomic mass is 16.5. The number of carbonyl (C=O) groups excluding carboxylic acids is 1. The van der Waals surface area contributed by atoms with E-state index in [9.17, 15) is 9.90 Å². The second-order valence-corrected chi connectivity index (χ2v) is 7.79. The molecule has 0 aliphatic carbocycles. The molecule has 4 aromatic rings. The number of anilines is 1. The molecular formula is C22H23N7O3. The lowest BCUT2D eigenvalue weighted by Gasteiger charge is -2.14. The molecule has 0 saturated carbocycles. The fourth-order valence-electron chi connectivity index (χ4n) is 3.92. The Morgan fingerprint density at radius 3 is 2.84 bits per heavy atom. The number of nitrogens with zero attached hydrogens (tertiary/aromatic N) is 5. The van der Waals surface area contributed by atoms with Gasteiger partial charge in [-0.1, -0.05) is 6.58 Å². The molecule has 1 aliphatic rings. The van der Waals surface area contributed by atoms with Crippen LogP contribution in [0.3, 0.4) is 0 Å². The molecule has 0 aromatic carbocycles. The minimum Gasteiger partial charge on any atom is -0.388 e. The van der Waals surface area contributed by atoms with Crippen molar-refractivity contribution in [3.05, 3.63) is 54.5 Å². The highest BCUT2D eigenvalue weighted by Gasteiger charge is 2.29. The van der Waals surface area contributed by atoms with Crippen LogP contribution in [0.15, 0.2) is 43.4 Å². The van der Waals surface area contributed by atoms with Crippen LogP contribution in [0, 0.1) is 0 Å². The molecular weight excluding hydrogens is 410 g/mol. The van der Waals surface area contributed by atoms with Crippen molar-refractivity contribution >= 4 is 28.6 Å². The fraction of sp³-hybridized carbons (Fsp3) is 0.273. The molecule has 0 radical (unpaired) electrons. The lowest BCUT2D eigenvalue weighted by molar-refractivity contribution is 0.0888. The summed E-state index contributed by atoms with van der Waals surface area (Å²) in [5.74, 6) is 0.303. The van der Waals surface area contributed by atoms with Crippen LogP contribution >= 0.6 is 0 Å². The van der Waals surface area contributed by atoms with Gasteiger partial charge in [0, 0.05) is 31.1 Å². The number of hydrogen-bond donors (Lipinski definition) is 3. The highest BCUT2D eigenvalue weighted by molar-refractivity contribution is 6.00. The lowest BCUT2D eigenvalue weighted by Crippen LogP contribution is -2.42. The number of nitrogens with one attached hydrogen (secondary N) is 2.